The highest BCUT2D eigenvalue weighted by Gasteiger charge is 2.12. The zero-order chi connectivity index (χ0) is 16.8. The Morgan fingerprint density at radius 1 is 1.13 bits per heavy atom. The Hall–Kier alpha value is -2.82. The third kappa shape index (κ3) is 4.57. The first-order valence-corrected chi connectivity index (χ1v) is 7.18. The van der Waals surface area contributed by atoms with Crippen LogP contribution < -0.4 is 14.8 Å². The number of nitrogens with one attached hydrogen (secondary N) is 1. The molecule has 1 amide bonds. The predicted molar refractivity (Wildman–Crippen MR) is 88.3 cm³/mol. The van der Waals surface area contributed by atoms with Crippen molar-refractivity contribution in [1.29, 1.82) is 0 Å². The summed E-state index contributed by atoms with van der Waals surface area (Å²) < 4.78 is 10.6. The van der Waals surface area contributed by atoms with Gasteiger partial charge < -0.3 is 14.8 Å². The van der Waals surface area contributed by atoms with E-state index in [1.165, 1.54) is 14.0 Å². The molecule has 0 spiro atoms. The highest BCUT2D eigenvalue weighted by Crippen LogP contribution is 2.25. The Balaban J connectivity index is 2.05. The van der Waals surface area contributed by atoms with Crippen LogP contribution in [-0.2, 0) is 4.79 Å². The summed E-state index contributed by atoms with van der Waals surface area (Å²) >= 11 is 0. The summed E-state index contributed by atoms with van der Waals surface area (Å²) in [5.41, 5.74) is 2.17. The third-order valence-corrected chi connectivity index (χ3v) is 3.23. The SMILES string of the molecule is COc1ccc(C(C)=O)c(OCC(=O)Nc2cccc(C)c2)c1. The molecule has 2 rings (SSSR count). The molecule has 0 aliphatic rings. The predicted octanol–water partition coefficient (Wildman–Crippen LogP) is 3.22. The van der Waals surface area contributed by atoms with Gasteiger partial charge in [0.05, 0.1) is 12.7 Å². The van der Waals surface area contributed by atoms with Crippen LogP contribution in [0.3, 0.4) is 0 Å². The molecule has 0 saturated heterocycles. The lowest BCUT2D eigenvalue weighted by molar-refractivity contribution is -0.118. The molecule has 5 nitrogen and oxygen atoms in total. The van der Waals surface area contributed by atoms with E-state index in [1.54, 1.807) is 24.3 Å². The van der Waals surface area contributed by atoms with Gasteiger partial charge in [-0.25, -0.2) is 0 Å². The number of ether oxygens (including phenoxy) is 2. The molecule has 0 aliphatic heterocycles. The van der Waals surface area contributed by atoms with Crippen molar-refractivity contribution in [3.05, 3.63) is 53.6 Å². The second kappa shape index (κ2) is 7.45. The van der Waals surface area contributed by atoms with Gasteiger partial charge in [-0.15, -0.1) is 0 Å². The number of carbonyl (C=O) groups is 2. The van der Waals surface area contributed by atoms with Crippen LogP contribution in [0.5, 0.6) is 11.5 Å². The van der Waals surface area contributed by atoms with Crippen molar-refractivity contribution in [2.75, 3.05) is 19.0 Å². The summed E-state index contributed by atoms with van der Waals surface area (Å²) in [5, 5.41) is 2.75. The molecule has 1 N–H and O–H groups in total. The first-order valence-electron chi connectivity index (χ1n) is 7.18. The normalized spacial score (nSPS) is 10.0. The molecule has 2 aromatic rings. The van der Waals surface area contributed by atoms with Crippen LogP contribution >= 0.6 is 0 Å². The van der Waals surface area contributed by atoms with Crippen LogP contribution in [0, 0.1) is 6.92 Å². The topological polar surface area (TPSA) is 64.6 Å². The summed E-state index contributed by atoms with van der Waals surface area (Å²) in [6.45, 7) is 3.20. The number of methoxy groups -OCH3 is 1. The van der Waals surface area contributed by atoms with Crippen molar-refractivity contribution >= 4 is 17.4 Å². The molecule has 0 aromatic heterocycles. The number of carbonyl (C=O) groups excluding carboxylic acids is 2. The van der Waals surface area contributed by atoms with Crippen LogP contribution in [0.25, 0.3) is 0 Å². The van der Waals surface area contributed by atoms with Gasteiger partial charge in [0.1, 0.15) is 11.5 Å². The zero-order valence-electron chi connectivity index (χ0n) is 13.4. The van der Waals surface area contributed by atoms with E-state index in [-0.39, 0.29) is 18.3 Å². The smallest absolute Gasteiger partial charge is 0.262 e. The van der Waals surface area contributed by atoms with Crippen molar-refractivity contribution in [1.82, 2.24) is 0 Å². The first-order chi connectivity index (χ1) is 11.0. The highest BCUT2D eigenvalue weighted by molar-refractivity contribution is 5.97. The molecule has 0 atom stereocenters. The van der Waals surface area contributed by atoms with Gasteiger partial charge in [0.2, 0.25) is 0 Å². The second-order valence-corrected chi connectivity index (χ2v) is 5.12. The second-order valence-electron chi connectivity index (χ2n) is 5.12. The summed E-state index contributed by atoms with van der Waals surface area (Å²) in [7, 11) is 1.52. The average Bonchev–Trinajstić information content (AvgIpc) is 2.52. The number of Topliss-reactive ketones (excluding diaryl/α,β-unsaturated/α-hetero) is 1. The van der Waals surface area contributed by atoms with Crippen LogP contribution in [0.1, 0.15) is 22.8 Å². The first kappa shape index (κ1) is 16.5. The number of amides is 1. The van der Waals surface area contributed by atoms with E-state index in [4.69, 9.17) is 9.47 Å². The van der Waals surface area contributed by atoms with Crippen LogP contribution in [0.2, 0.25) is 0 Å². The Morgan fingerprint density at radius 2 is 1.91 bits per heavy atom. The summed E-state index contributed by atoms with van der Waals surface area (Å²) in [6.07, 6.45) is 0. The molecule has 0 aliphatic carbocycles. The minimum atomic E-state index is -0.298. The van der Waals surface area contributed by atoms with E-state index in [1.807, 2.05) is 25.1 Å². The Morgan fingerprint density at radius 3 is 2.57 bits per heavy atom. The van der Waals surface area contributed by atoms with Gasteiger partial charge in [0.25, 0.3) is 5.91 Å². The van der Waals surface area contributed by atoms with Crippen molar-refractivity contribution in [2.45, 2.75) is 13.8 Å². The highest BCUT2D eigenvalue weighted by atomic mass is 16.5. The third-order valence-electron chi connectivity index (χ3n) is 3.23. The van der Waals surface area contributed by atoms with E-state index < -0.39 is 0 Å². The Labute approximate surface area is 135 Å². The lowest BCUT2D eigenvalue weighted by Gasteiger charge is -2.12. The molecule has 0 saturated carbocycles. The minimum Gasteiger partial charge on any atom is -0.497 e. The maximum absolute atomic E-state index is 12.0. The number of hydrogen-bond donors (Lipinski definition) is 1. The largest absolute Gasteiger partial charge is 0.497 e. The van der Waals surface area contributed by atoms with Gasteiger partial charge in [-0.2, -0.15) is 0 Å². The lowest BCUT2D eigenvalue weighted by atomic mass is 10.1. The van der Waals surface area contributed by atoms with E-state index in [0.717, 1.165) is 5.56 Å². The summed E-state index contributed by atoms with van der Waals surface area (Å²) in [4.78, 5) is 23.6. The maximum atomic E-state index is 12.0. The molecule has 120 valence electrons. The van der Waals surface area contributed by atoms with E-state index >= 15 is 0 Å². The molecule has 0 bridgehead atoms. The van der Waals surface area contributed by atoms with Gasteiger partial charge in [0, 0.05) is 11.8 Å². The van der Waals surface area contributed by atoms with E-state index in [0.29, 0.717) is 22.7 Å². The lowest BCUT2D eigenvalue weighted by Crippen LogP contribution is -2.20. The van der Waals surface area contributed by atoms with Crippen molar-refractivity contribution in [2.24, 2.45) is 0 Å². The average molecular weight is 313 g/mol. The number of hydrogen-bond acceptors (Lipinski definition) is 4. The number of aryl methyl sites for hydroxylation is 1. The van der Waals surface area contributed by atoms with Crippen molar-refractivity contribution in [3.63, 3.8) is 0 Å². The van der Waals surface area contributed by atoms with Crippen LogP contribution in [0.4, 0.5) is 5.69 Å². The molecule has 5 heteroatoms. The van der Waals surface area contributed by atoms with Gasteiger partial charge in [0.15, 0.2) is 12.4 Å². The zero-order valence-corrected chi connectivity index (χ0v) is 13.4. The number of benzene rings is 2. The van der Waals surface area contributed by atoms with Gasteiger partial charge in [-0.05, 0) is 43.7 Å². The molecule has 0 fully saturated rings. The Bertz CT molecular complexity index is 725. The monoisotopic (exact) mass is 313 g/mol. The molecule has 0 heterocycles. The number of rotatable bonds is 6. The number of anilines is 1. The standard InChI is InChI=1S/C18H19NO4/c1-12-5-4-6-14(9-12)19-18(21)11-23-17-10-15(22-3)7-8-16(17)13(2)20/h4-10H,11H2,1-3H3,(H,19,21). The van der Waals surface area contributed by atoms with E-state index in [2.05, 4.69) is 5.32 Å². The summed E-state index contributed by atoms with van der Waals surface area (Å²) in [5.74, 6) is 0.454. The molecular formula is C18H19NO4. The molecule has 23 heavy (non-hydrogen) atoms. The van der Waals surface area contributed by atoms with Gasteiger partial charge in [-0.3, -0.25) is 9.59 Å². The maximum Gasteiger partial charge on any atom is 0.262 e. The fraction of sp³-hybridized carbons (Fsp3) is 0.222. The van der Waals surface area contributed by atoms with E-state index in [9.17, 15) is 9.59 Å². The molecule has 0 unspecified atom stereocenters. The van der Waals surface area contributed by atoms with Crippen molar-refractivity contribution in [3.8, 4) is 11.5 Å². The van der Waals surface area contributed by atoms with Gasteiger partial charge >= 0.3 is 0 Å². The molecule has 0 radical (unpaired) electrons. The fourth-order valence-corrected chi connectivity index (χ4v) is 2.10. The minimum absolute atomic E-state index is 0.137. The quantitative estimate of drug-likeness (QED) is 0.832. The van der Waals surface area contributed by atoms with Gasteiger partial charge in [-0.1, -0.05) is 12.1 Å². The van der Waals surface area contributed by atoms with Crippen LogP contribution in [0.15, 0.2) is 42.5 Å². The number of ketones is 1. The fourth-order valence-electron chi connectivity index (χ4n) is 2.10. The summed E-state index contributed by atoms with van der Waals surface area (Å²) in [6, 6.07) is 12.4. The molecule has 2 aromatic carbocycles. The van der Waals surface area contributed by atoms with Crippen LogP contribution in [-0.4, -0.2) is 25.4 Å². The Kier molecular flexibility index (Phi) is 5.36. The van der Waals surface area contributed by atoms with Crippen molar-refractivity contribution < 1.29 is 19.1 Å². The molecular weight excluding hydrogens is 294 g/mol.